The average Bonchev–Trinajstić information content (AvgIpc) is 2.94. The molecule has 1 aromatic heterocycles. The second kappa shape index (κ2) is 6.65. The van der Waals surface area contributed by atoms with Crippen LogP contribution < -0.4 is 5.32 Å². The van der Waals surface area contributed by atoms with Gasteiger partial charge in [-0.3, -0.25) is 0 Å². The van der Waals surface area contributed by atoms with Crippen LogP contribution in [0.1, 0.15) is 35.9 Å². The molecule has 20 heavy (non-hydrogen) atoms. The summed E-state index contributed by atoms with van der Waals surface area (Å²) in [6.45, 7) is 4.75. The van der Waals surface area contributed by atoms with Gasteiger partial charge in [-0.05, 0) is 29.5 Å². The largest absolute Gasteiger partial charge is 0.305 e. The van der Waals surface area contributed by atoms with Crippen LogP contribution in [0.4, 0.5) is 4.39 Å². The van der Waals surface area contributed by atoms with E-state index >= 15 is 0 Å². The highest BCUT2D eigenvalue weighted by molar-refractivity contribution is 7.10. The van der Waals surface area contributed by atoms with Crippen LogP contribution in [0.2, 0.25) is 0 Å². The third-order valence-corrected chi connectivity index (χ3v) is 4.17. The molecule has 0 saturated heterocycles. The van der Waals surface area contributed by atoms with E-state index < -0.39 is 0 Å². The van der Waals surface area contributed by atoms with E-state index in [1.54, 1.807) is 23.5 Å². The van der Waals surface area contributed by atoms with Crippen molar-refractivity contribution < 1.29 is 4.39 Å². The molecular weight excluding hydrogens is 271 g/mol. The lowest BCUT2D eigenvalue weighted by Gasteiger charge is -2.21. The third-order valence-electron chi connectivity index (χ3n) is 3.21. The van der Waals surface area contributed by atoms with Crippen molar-refractivity contribution in [3.8, 4) is 6.07 Å². The lowest BCUT2D eigenvalue weighted by molar-refractivity contribution is 0.412. The molecule has 4 heteroatoms. The summed E-state index contributed by atoms with van der Waals surface area (Å²) < 4.78 is 13.8. The van der Waals surface area contributed by atoms with Crippen LogP contribution in [0.5, 0.6) is 0 Å². The molecule has 0 aliphatic rings. The van der Waals surface area contributed by atoms with Crippen LogP contribution in [-0.4, -0.2) is 0 Å². The van der Waals surface area contributed by atoms with Crippen molar-refractivity contribution in [3.05, 3.63) is 57.5 Å². The van der Waals surface area contributed by atoms with E-state index in [1.165, 1.54) is 10.9 Å². The van der Waals surface area contributed by atoms with Crippen molar-refractivity contribution in [2.75, 3.05) is 0 Å². The summed E-state index contributed by atoms with van der Waals surface area (Å²) in [7, 11) is 0. The van der Waals surface area contributed by atoms with E-state index in [9.17, 15) is 4.39 Å². The van der Waals surface area contributed by atoms with Crippen molar-refractivity contribution >= 4 is 11.3 Å². The zero-order chi connectivity index (χ0) is 14.5. The maximum absolute atomic E-state index is 13.8. The molecule has 2 nitrogen and oxygen atoms in total. The first-order chi connectivity index (χ1) is 9.61. The lowest BCUT2D eigenvalue weighted by Crippen LogP contribution is -2.25. The molecule has 2 rings (SSSR count). The van der Waals surface area contributed by atoms with Crippen LogP contribution in [0.15, 0.2) is 35.7 Å². The Balaban J connectivity index is 2.09. The molecule has 1 unspecified atom stereocenters. The molecule has 1 aromatic carbocycles. The molecule has 0 radical (unpaired) electrons. The molecule has 2 aromatic rings. The van der Waals surface area contributed by atoms with Gasteiger partial charge < -0.3 is 5.32 Å². The summed E-state index contributed by atoms with van der Waals surface area (Å²) >= 11 is 1.71. The zero-order valence-corrected chi connectivity index (χ0v) is 12.4. The minimum atomic E-state index is -0.328. The number of hydrogen-bond donors (Lipinski definition) is 1. The predicted octanol–water partition coefficient (Wildman–Crippen LogP) is 4.25. The van der Waals surface area contributed by atoms with Gasteiger partial charge in [0.2, 0.25) is 0 Å². The molecule has 0 saturated carbocycles. The second-order valence-corrected chi connectivity index (χ2v) is 6.02. The third kappa shape index (κ3) is 3.44. The van der Waals surface area contributed by atoms with Gasteiger partial charge in [-0.15, -0.1) is 11.3 Å². The molecule has 1 N–H and O–H groups in total. The number of nitrogens with zero attached hydrogens (tertiary/aromatic N) is 1. The van der Waals surface area contributed by atoms with E-state index in [2.05, 4.69) is 30.6 Å². The molecule has 0 bridgehead atoms. The van der Waals surface area contributed by atoms with Crippen molar-refractivity contribution in [1.29, 1.82) is 5.26 Å². The summed E-state index contributed by atoms with van der Waals surface area (Å²) in [6, 6.07) is 10.9. The van der Waals surface area contributed by atoms with Crippen LogP contribution >= 0.6 is 11.3 Å². The summed E-state index contributed by atoms with van der Waals surface area (Å²) in [4.78, 5) is 1.26. The minimum Gasteiger partial charge on any atom is -0.305 e. The molecule has 104 valence electrons. The molecular formula is C16H17FN2S. The first-order valence-corrected chi connectivity index (χ1v) is 7.45. The van der Waals surface area contributed by atoms with Gasteiger partial charge in [-0.2, -0.15) is 5.26 Å². The highest BCUT2D eigenvalue weighted by Gasteiger charge is 2.16. The maximum atomic E-state index is 13.8. The Morgan fingerprint density at radius 2 is 2.15 bits per heavy atom. The number of hydrogen-bond acceptors (Lipinski definition) is 3. The summed E-state index contributed by atoms with van der Waals surface area (Å²) in [5, 5.41) is 14.2. The van der Waals surface area contributed by atoms with Gasteiger partial charge >= 0.3 is 0 Å². The van der Waals surface area contributed by atoms with Gasteiger partial charge in [0.1, 0.15) is 5.82 Å². The smallest absolute Gasteiger partial charge is 0.129 e. The molecule has 0 fully saturated rings. The van der Waals surface area contributed by atoms with E-state index in [1.807, 2.05) is 12.1 Å². The molecule has 0 aliphatic heterocycles. The van der Waals surface area contributed by atoms with E-state index in [0.717, 1.165) is 0 Å². The number of nitrogens with one attached hydrogen (secondary N) is 1. The van der Waals surface area contributed by atoms with Gasteiger partial charge in [0, 0.05) is 23.0 Å². The van der Waals surface area contributed by atoms with Crippen molar-refractivity contribution in [2.24, 2.45) is 5.92 Å². The second-order valence-electron chi connectivity index (χ2n) is 5.04. The van der Waals surface area contributed by atoms with Crippen LogP contribution in [0.3, 0.4) is 0 Å². The van der Waals surface area contributed by atoms with Gasteiger partial charge in [0.05, 0.1) is 11.6 Å². The monoisotopic (exact) mass is 288 g/mol. The fourth-order valence-electron chi connectivity index (χ4n) is 2.11. The van der Waals surface area contributed by atoms with Crippen molar-refractivity contribution in [2.45, 2.75) is 26.4 Å². The molecule has 1 atom stereocenters. The van der Waals surface area contributed by atoms with Crippen LogP contribution in [0.25, 0.3) is 0 Å². The van der Waals surface area contributed by atoms with Gasteiger partial charge in [0.25, 0.3) is 0 Å². The Hall–Kier alpha value is -1.70. The predicted molar refractivity (Wildman–Crippen MR) is 79.9 cm³/mol. The molecule has 0 amide bonds. The SMILES string of the molecule is CC(C)C(NCc1ccc(C#N)cc1F)c1cccs1. The number of nitriles is 1. The Labute approximate surface area is 122 Å². The van der Waals surface area contributed by atoms with E-state index in [0.29, 0.717) is 23.6 Å². The summed E-state index contributed by atoms with van der Waals surface area (Å²) in [6.07, 6.45) is 0. The van der Waals surface area contributed by atoms with E-state index in [-0.39, 0.29) is 11.9 Å². The highest BCUT2D eigenvalue weighted by Crippen LogP contribution is 2.26. The maximum Gasteiger partial charge on any atom is 0.129 e. The standard InChI is InChI=1S/C16H17FN2S/c1-11(2)16(15-4-3-7-20-15)19-10-13-6-5-12(9-18)8-14(13)17/h3-8,11,16,19H,10H2,1-2H3. The van der Waals surface area contributed by atoms with Gasteiger partial charge in [-0.25, -0.2) is 4.39 Å². The number of halogens is 1. The molecule has 0 spiro atoms. The van der Waals surface area contributed by atoms with E-state index in [4.69, 9.17) is 5.26 Å². The van der Waals surface area contributed by atoms with Crippen molar-refractivity contribution in [3.63, 3.8) is 0 Å². The normalized spacial score (nSPS) is 12.3. The summed E-state index contributed by atoms with van der Waals surface area (Å²) in [5.74, 6) is 0.0975. The number of rotatable bonds is 5. The fourth-order valence-corrected chi connectivity index (χ4v) is 3.09. The summed E-state index contributed by atoms with van der Waals surface area (Å²) in [5.41, 5.74) is 0.941. The Kier molecular flexibility index (Phi) is 4.89. The minimum absolute atomic E-state index is 0.213. The first-order valence-electron chi connectivity index (χ1n) is 6.57. The quantitative estimate of drug-likeness (QED) is 0.893. The van der Waals surface area contributed by atoms with Crippen molar-refractivity contribution in [1.82, 2.24) is 5.32 Å². The Bertz CT molecular complexity index is 599. The Morgan fingerprint density at radius 1 is 1.35 bits per heavy atom. The Morgan fingerprint density at radius 3 is 2.70 bits per heavy atom. The highest BCUT2D eigenvalue weighted by atomic mass is 32.1. The first kappa shape index (κ1) is 14.7. The van der Waals surface area contributed by atoms with Crippen LogP contribution in [-0.2, 0) is 6.54 Å². The average molecular weight is 288 g/mol. The number of thiophene rings is 1. The fraction of sp³-hybridized carbons (Fsp3) is 0.312. The zero-order valence-electron chi connectivity index (χ0n) is 11.6. The number of benzene rings is 1. The van der Waals surface area contributed by atoms with Gasteiger partial charge in [0.15, 0.2) is 0 Å². The molecule has 1 heterocycles. The molecule has 0 aliphatic carbocycles. The topological polar surface area (TPSA) is 35.8 Å². The lowest BCUT2D eigenvalue weighted by atomic mass is 10.0. The van der Waals surface area contributed by atoms with Gasteiger partial charge in [-0.1, -0.05) is 26.0 Å². The van der Waals surface area contributed by atoms with Crippen LogP contribution in [0, 0.1) is 23.1 Å².